The predicted octanol–water partition coefficient (Wildman–Crippen LogP) is 10.2. The second kappa shape index (κ2) is 44.7. The topological polar surface area (TPSA) is 199 Å². The first-order chi connectivity index (χ1) is 24.2. The van der Waals surface area contributed by atoms with Gasteiger partial charge < -0.3 is 13.7 Å². The van der Waals surface area contributed by atoms with Crippen LogP contribution in [0.1, 0.15) is 213 Å². The van der Waals surface area contributed by atoms with Gasteiger partial charge in [-0.05, 0) is 19.3 Å². The molecule has 52 heavy (non-hydrogen) atoms. The van der Waals surface area contributed by atoms with Crippen LogP contribution in [0.25, 0.3) is 0 Å². The Morgan fingerprint density at radius 3 is 0.558 bits per heavy atom. The Labute approximate surface area is 353 Å². The molecule has 0 unspecified atom stereocenters. The largest absolute Gasteiger partial charge is 3.00 e. The molecule has 16 heteroatoms. The van der Waals surface area contributed by atoms with Crippen LogP contribution in [0.15, 0.2) is 0 Å². The summed E-state index contributed by atoms with van der Waals surface area (Å²) in [5.74, 6) is 0. The standard InChI is InChI=1S/3C12H26O4S.Nd/c3*1-2-3-4-5-6-7-8-9-10-11-12-16-17(13,14)15;/h3*2-12H2,1H3,(H,13,14,15);/q;;;+3/p-3. The van der Waals surface area contributed by atoms with Crippen molar-refractivity contribution in [3.05, 3.63) is 0 Å². The summed E-state index contributed by atoms with van der Waals surface area (Å²) < 4.78 is 103. The van der Waals surface area contributed by atoms with Crippen LogP contribution in [-0.2, 0) is 43.7 Å². The maximum atomic E-state index is 10.1. The van der Waals surface area contributed by atoms with Crippen LogP contribution in [0.3, 0.4) is 0 Å². The van der Waals surface area contributed by atoms with Crippen LogP contribution in [0.2, 0.25) is 0 Å². The molecule has 0 aliphatic heterocycles. The molecule has 0 saturated carbocycles. The SMILES string of the molecule is CCCCCCCCCCCCOS(=O)(=O)[O-].CCCCCCCCCCCCOS(=O)(=O)[O-].CCCCCCCCCCCCOS(=O)(=O)[O-].[Nd+3]. The van der Waals surface area contributed by atoms with Crippen molar-refractivity contribution in [1.29, 1.82) is 0 Å². The van der Waals surface area contributed by atoms with E-state index in [9.17, 15) is 38.9 Å². The number of unbranched alkanes of at least 4 members (excludes halogenated alkanes) is 27. The molecule has 313 valence electrons. The van der Waals surface area contributed by atoms with Gasteiger partial charge in [0.2, 0.25) is 31.2 Å². The molecule has 1 radical (unpaired) electrons. The monoisotopic (exact) mass is 937 g/mol. The first kappa shape index (κ1) is 59.6. The van der Waals surface area contributed by atoms with Crippen molar-refractivity contribution in [3.63, 3.8) is 0 Å². The summed E-state index contributed by atoms with van der Waals surface area (Å²) in [6, 6.07) is 0. The summed E-state index contributed by atoms with van der Waals surface area (Å²) in [7, 11) is -13.5. The average Bonchev–Trinajstić information content (AvgIpc) is 3.04. The van der Waals surface area contributed by atoms with E-state index < -0.39 is 31.2 Å². The van der Waals surface area contributed by atoms with Gasteiger partial charge in [-0.2, -0.15) is 0 Å². The Hall–Kier alpha value is 0.961. The van der Waals surface area contributed by atoms with E-state index in [0.29, 0.717) is 19.3 Å². The van der Waals surface area contributed by atoms with Crippen molar-refractivity contribution in [2.45, 2.75) is 213 Å². The summed E-state index contributed by atoms with van der Waals surface area (Å²) in [5.41, 5.74) is 0. The Bertz CT molecular complexity index is 883. The molecular weight excluding hydrogens is 865 g/mol. The Morgan fingerprint density at radius 1 is 0.288 bits per heavy atom. The Balaban J connectivity index is -0.000000329. The minimum atomic E-state index is -4.48. The van der Waals surface area contributed by atoms with E-state index in [2.05, 4.69) is 33.3 Å². The van der Waals surface area contributed by atoms with Gasteiger partial charge in [0.05, 0.1) is 19.8 Å². The molecule has 0 spiro atoms. The van der Waals surface area contributed by atoms with Crippen LogP contribution in [-0.4, -0.2) is 58.7 Å². The third kappa shape index (κ3) is 68.9. The molecule has 0 saturated heterocycles. The molecule has 0 amide bonds. The molecule has 0 fully saturated rings. The molecular formula is C36H75NdO12S3. The second-order valence-corrected chi connectivity index (χ2v) is 16.4. The smallest absolute Gasteiger partial charge is 0.726 e. The third-order valence-corrected chi connectivity index (χ3v) is 9.54. The van der Waals surface area contributed by atoms with Crippen LogP contribution in [0.4, 0.5) is 0 Å². The zero-order valence-corrected chi connectivity index (χ0v) is 38.6. The number of hydrogen-bond acceptors (Lipinski definition) is 12. The Kier molecular flexibility index (Phi) is 51.2. The van der Waals surface area contributed by atoms with Gasteiger partial charge in [-0.3, -0.25) is 12.5 Å². The second-order valence-electron chi connectivity index (χ2n) is 13.2. The van der Waals surface area contributed by atoms with Crippen molar-refractivity contribution >= 4 is 31.2 Å². The zero-order valence-electron chi connectivity index (χ0n) is 33.0. The fraction of sp³-hybridized carbons (Fsp3) is 1.00. The van der Waals surface area contributed by atoms with Gasteiger partial charge in [-0.1, -0.05) is 194 Å². The molecule has 0 rings (SSSR count). The molecule has 0 aliphatic rings. The van der Waals surface area contributed by atoms with Gasteiger partial charge in [0.15, 0.2) is 0 Å². The summed E-state index contributed by atoms with van der Waals surface area (Å²) in [6.45, 7) is 6.73. The van der Waals surface area contributed by atoms with Gasteiger partial charge in [-0.15, -0.1) is 0 Å². The molecule has 0 aliphatic carbocycles. The maximum absolute atomic E-state index is 10.1. The van der Waals surface area contributed by atoms with Crippen LogP contribution in [0, 0.1) is 40.8 Å². The first-order valence-electron chi connectivity index (χ1n) is 20.0. The normalized spacial score (nSPS) is 11.7. The minimum Gasteiger partial charge on any atom is -0.726 e. The van der Waals surface area contributed by atoms with Gasteiger partial charge in [0.25, 0.3) is 0 Å². The van der Waals surface area contributed by atoms with Gasteiger partial charge in [0.1, 0.15) is 0 Å². The molecule has 0 atom stereocenters. The molecule has 0 aromatic heterocycles. The van der Waals surface area contributed by atoms with E-state index in [1.807, 2.05) is 0 Å². The summed E-state index contributed by atoms with van der Waals surface area (Å²) in [5, 5.41) is 0. The van der Waals surface area contributed by atoms with Crippen molar-refractivity contribution in [1.82, 2.24) is 0 Å². The van der Waals surface area contributed by atoms with Crippen LogP contribution < -0.4 is 0 Å². The molecule has 0 bridgehead atoms. The van der Waals surface area contributed by atoms with Gasteiger partial charge in [0, 0.05) is 0 Å². The van der Waals surface area contributed by atoms with Crippen molar-refractivity contribution in [3.8, 4) is 0 Å². The maximum Gasteiger partial charge on any atom is 3.00 e. The van der Waals surface area contributed by atoms with Crippen LogP contribution >= 0.6 is 0 Å². The van der Waals surface area contributed by atoms with E-state index >= 15 is 0 Å². The number of hydrogen-bond donors (Lipinski definition) is 0. The van der Waals surface area contributed by atoms with E-state index in [4.69, 9.17) is 0 Å². The fourth-order valence-corrected chi connectivity index (χ4v) is 6.22. The van der Waals surface area contributed by atoms with Gasteiger partial charge in [-0.25, -0.2) is 25.3 Å². The van der Waals surface area contributed by atoms with E-state index in [0.717, 1.165) is 38.5 Å². The third-order valence-electron chi connectivity index (χ3n) is 8.18. The predicted molar refractivity (Wildman–Crippen MR) is 202 cm³/mol. The quantitative estimate of drug-likeness (QED) is 0.0328. The summed E-state index contributed by atoms with van der Waals surface area (Å²) >= 11 is 0. The van der Waals surface area contributed by atoms with Crippen molar-refractivity contribution < 1.29 is 92.3 Å². The van der Waals surface area contributed by atoms with E-state index in [1.165, 1.54) is 135 Å². The molecule has 0 aromatic rings. The van der Waals surface area contributed by atoms with Gasteiger partial charge >= 0.3 is 40.8 Å². The fourth-order valence-electron chi connectivity index (χ4n) is 5.25. The summed E-state index contributed by atoms with van der Waals surface area (Å²) in [6.07, 6.45) is 35.1. The Morgan fingerprint density at radius 2 is 0.423 bits per heavy atom. The summed E-state index contributed by atoms with van der Waals surface area (Å²) in [4.78, 5) is 0. The molecule has 0 heterocycles. The van der Waals surface area contributed by atoms with E-state index in [1.54, 1.807) is 0 Å². The molecule has 12 nitrogen and oxygen atoms in total. The van der Waals surface area contributed by atoms with E-state index in [-0.39, 0.29) is 60.7 Å². The number of rotatable bonds is 36. The molecule has 0 aromatic carbocycles. The molecule has 0 N–H and O–H groups in total. The minimum absolute atomic E-state index is 0. The van der Waals surface area contributed by atoms with Crippen molar-refractivity contribution in [2.24, 2.45) is 0 Å². The first-order valence-corrected chi connectivity index (χ1v) is 24.0. The van der Waals surface area contributed by atoms with Crippen LogP contribution in [0.5, 0.6) is 0 Å². The zero-order chi connectivity index (χ0) is 39.0. The van der Waals surface area contributed by atoms with Crippen molar-refractivity contribution in [2.75, 3.05) is 19.8 Å². The average molecular weight is 940 g/mol.